The van der Waals surface area contributed by atoms with Crippen LogP contribution < -0.4 is 9.46 Å². The molecule has 18 heavy (non-hydrogen) atoms. The second kappa shape index (κ2) is 5.47. The van der Waals surface area contributed by atoms with E-state index in [1.807, 2.05) is 0 Å². The van der Waals surface area contributed by atoms with Crippen LogP contribution in [-0.4, -0.2) is 27.4 Å². The Balaban J connectivity index is 2.35. The summed E-state index contributed by atoms with van der Waals surface area (Å²) in [5.41, 5.74) is 0.692. The third kappa shape index (κ3) is 3.16. The number of benzene rings is 1. The maximum absolute atomic E-state index is 12.2. The van der Waals surface area contributed by atoms with E-state index in [2.05, 4.69) is 4.72 Å². The van der Waals surface area contributed by atoms with Gasteiger partial charge in [0.1, 0.15) is 5.75 Å². The summed E-state index contributed by atoms with van der Waals surface area (Å²) in [7, 11) is -1.89. The molecule has 0 aromatic heterocycles. The topological polar surface area (TPSA) is 55.4 Å². The van der Waals surface area contributed by atoms with Crippen molar-refractivity contribution in [1.29, 1.82) is 0 Å². The van der Waals surface area contributed by atoms with Crippen LogP contribution in [0.5, 0.6) is 5.75 Å². The van der Waals surface area contributed by atoms with Gasteiger partial charge < -0.3 is 4.74 Å². The lowest BCUT2D eigenvalue weighted by Crippen LogP contribution is -2.26. The summed E-state index contributed by atoms with van der Waals surface area (Å²) in [5, 5.41) is 0. The molecule has 2 rings (SSSR count). The van der Waals surface area contributed by atoms with E-state index in [1.54, 1.807) is 25.3 Å². The number of aryl methyl sites for hydroxylation is 1. The van der Waals surface area contributed by atoms with Crippen molar-refractivity contribution in [3.05, 3.63) is 23.8 Å². The number of methoxy groups -OCH3 is 1. The van der Waals surface area contributed by atoms with E-state index >= 15 is 0 Å². The van der Waals surface area contributed by atoms with E-state index in [4.69, 9.17) is 16.3 Å². The van der Waals surface area contributed by atoms with Gasteiger partial charge in [0.15, 0.2) is 0 Å². The first-order valence-electron chi connectivity index (χ1n) is 5.82. The zero-order valence-corrected chi connectivity index (χ0v) is 11.7. The van der Waals surface area contributed by atoms with Gasteiger partial charge in [-0.2, -0.15) is 0 Å². The molecule has 0 aliphatic heterocycles. The summed E-state index contributed by atoms with van der Waals surface area (Å²) in [6, 6.07) is 5.05. The zero-order valence-electron chi connectivity index (χ0n) is 10.1. The van der Waals surface area contributed by atoms with Crippen LogP contribution in [0.3, 0.4) is 0 Å². The summed E-state index contributed by atoms with van der Waals surface area (Å²) in [6.07, 6.45) is 2.33. The largest absolute Gasteiger partial charge is 0.497 e. The highest BCUT2D eigenvalue weighted by Crippen LogP contribution is 2.26. The Morgan fingerprint density at radius 3 is 2.72 bits per heavy atom. The van der Waals surface area contributed by atoms with E-state index in [9.17, 15) is 8.42 Å². The summed E-state index contributed by atoms with van der Waals surface area (Å²) >= 11 is 5.72. The van der Waals surface area contributed by atoms with E-state index in [-0.39, 0.29) is 6.04 Å². The monoisotopic (exact) mass is 289 g/mol. The molecule has 0 amide bonds. The molecule has 4 nitrogen and oxygen atoms in total. The minimum absolute atomic E-state index is 0.0981. The lowest BCUT2D eigenvalue weighted by Gasteiger charge is -2.11. The van der Waals surface area contributed by atoms with Crippen LogP contribution in [0.2, 0.25) is 0 Å². The third-order valence-corrected chi connectivity index (χ3v) is 4.63. The van der Waals surface area contributed by atoms with E-state index in [0.29, 0.717) is 28.5 Å². The average Bonchev–Trinajstić information content (AvgIpc) is 3.12. The molecule has 0 spiro atoms. The predicted molar refractivity (Wildman–Crippen MR) is 70.8 cm³/mol. The molecule has 6 heteroatoms. The Morgan fingerprint density at radius 2 is 2.17 bits per heavy atom. The van der Waals surface area contributed by atoms with Crippen molar-refractivity contribution in [2.24, 2.45) is 0 Å². The van der Waals surface area contributed by atoms with Gasteiger partial charge >= 0.3 is 0 Å². The van der Waals surface area contributed by atoms with Crippen LogP contribution in [0.15, 0.2) is 23.1 Å². The standard InChI is InChI=1S/C12H16ClNO3S/c1-17-11-4-5-12(9(8-11)6-7-13)18(15,16)14-10-2-3-10/h4-5,8,10,14H,2-3,6-7H2,1H3. The van der Waals surface area contributed by atoms with Crippen LogP contribution in [0.4, 0.5) is 0 Å². The van der Waals surface area contributed by atoms with Gasteiger partial charge in [-0.3, -0.25) is 0 Å². The van der Waals surface area contributed by atoms with Crippen molar-refractivity contribution < 1.29 is 13.2 Å². The van der Waals surface area contributed by atoms with Crippen LogP contribution >= 0.6 is 11.6 Å². The van der Waals surface area contributed by atoms with Gasteiger partial charge in [-0.1, -0.05) is 0 Å². The van der Waals surface area contributed by atoms with Gasteiger partial charge in [-0.15, -0.1) is 11.6 Å². The summed E-state index contributed by atoms with van der Waals surface area (Å²) in [5.74, 6) is 1.01. The third-order valence-electron chi connectivity index (χ3n) is 2.82. The maximum atomic E-state index is 12.2. The second-order valence-corrected chi connectivity index (χ2v) is 6.37. The summed E-state index contributed by atoms with van der Waals surface area (Å²) in [6.45, 7) is 0. The van der Waals surface area contributed by atoms with Gasteiger partial charge in [0, 0.05) is 11.9 Å². The number of rotatable bonds is 6. The number of ether oxygens (including phenoxy) is 1. The molecule has 0 radical (unpaired) electrons. The van der Waals surface area contributed by atoms with Crippen molar-refractivity contribution >= 4 is 21.6 Å². The van der Waals surface area contributed by atoms with Crippen molar-refractivity contribution in [2.45, 2.75) is 30.2 Å². The molecule has 1 aliphatic carbocycles. The fourth-order valence-corrected chi connectivity index (χ4v) is 3.48. The number of hydrogen-bond donors (Lipinski definition) is 1. The highest BCUT2D eigenvalue weighted by molar-refractivity contribution is 7.89. The van der Waals surface area contributed by atoms with Gasteiger partial charge in [0.2, 0.25) is 10.0 Å². The predicted octanol–water partition coefficient (Wildman–Crippen LogP) is 1.92. The molecule has 100 valence electrons. The Labute approximate surface area is 112 Å². The molecule has 1 fully saturated rings. The SMILES string of the molecule is COc1ccc(S(=O)(=O)NC2CC2)c(CCCl)c1. The Kier molecular flexibility index (Phi) is 4.14. The van der Waals surface area contributed by atoms with Gasteiger partial charge in [-0.25, -0.2) is 13.1 Å². The molecule has 0 bridgehead atoms. The normalized spacial score (nSPS) is 15.7. The molecule has 0 heterocycles. The Morgan fingerprint density at radius 1 is 1.44 bits per heavy atom. The van der Waals surface area contributed by atoms with E-state index in [1.165, 1.54) is 0 Å². The van der Waals surface area contributed by atoms with Crippen LogP contribution in [0.25, 0.3) is 0 Å². The lowest BCUT2D eigenvalue weighted by atomic mass is 10.1. The molecule has 1 aromatic carbocycles. The number of halogens is 1. The molecule has 1 saturated carbocycles. The molecule has 1 aliphatic rings. The van der Waals surface area contributed by atoms with Crippen LogP contribution in [-0.2, 0) is 16.4 Å². The van der Waals surface area contributed by atoms with Crippen LogP contribution in [0.1, 0.15) is 18.4 Å². The molecular formula is C12H16ClNO3S. The second-order valence-electron chi connectivity index (χ2n) is 4.31. The first-order valence-corrected chi connectivity index (χ1v) is 7.84. The molecule has 1 aromatic rings. The van der Waals surface area contributed by atoms with Gasteiger partial charge in [0.25, 0.3) is 0 Å². The van der Waals surface area contributed by atoms with Gasteiger partial charge in [-0.05, 0) is 43.0 Å². The van der Waals surface area contributed by atoms with Crippen molar-refractivity contribution in [3.8, 4) is 5.75 Å². The lowest BCUT2D eigenvalue weighted by molar-refractivity contribution is 0.414. The minimum atomic E-state index is -3.44. The van der Waals surface area contributed by atoms with Crippen molar-refractivity contribution in [1.82, 2.24) is 4.72 Å². The highest BCUT2D eigenvalue weighted by atomic mass is 35.5. The fraction of sp³-hybridized carbons (Fsp3) is 0.500. The first-order chi connectivity index (χ1) is 8.56. The summed E-state index contributed by atoms with van der Waals surface area (Å²) in [4.78, 5) is 0.302. The number of sulfonamides is 1. The van der Waals surface area contributed by atoms with Crippen LogP contribution in [0, 0.1) is 0 Å². The number of nitrogens with one attached hydrogen (secondary N) is 1. The fourth-order valence-electron chi connectivity index (χ4n) is 1.73. The van der Waals surface area contributed by atoms with Gasteiger partial charge in [0.05, 0.1) is 12.0 Å². The quantitative estimate of drug-likeness (QED) is 0.814. The smallest absolute Gasteiger partial charge is 0.241 e. The molecular weight excluding hydrogens is 274 g/mol. The highest BCUT2D eigenvalue weighted by Gasteiger charge is 2.29. The van der Waals surface area contributed by atoms with Crippen molar-refractivity contribution in [3.63, 3.8) is 0 Å². The molecule has 0 unspecified atom stereocenters. The molecule has 0 atom stereocenters. The average molecular weight is 290 g/mol. The number of alkyl halides is 1. The maximum Gasteiger partial charge on any atom is 0.241 e. The number of hydrogen-bond acceptors (Lipinski definition) is 3. The zero-order chi connectivity index (χ0) is 13.2. The van der Waals surface area contributed by atoms with E-state index < -0.39 is 10.0 Å². The Bertz CT molecular complexity index is 526. The van der Waals surface area contributed by atoms with E-state index in [0.717, 1.165) is 12.8 Å². The molecule has 1 N–H and O–H groups in total. The van der Waals surface area contributed by atoms with Crippen molar-refractivity contribution in [2.75, 3.05) is 13.0 Å². The first kappa shape index (κ1) is 13.6. The summed E-state index contributed by atoms with van der Waals surface area (Å²) < 4.78 is 32.1. The molecule has 0 saturated heterocycles. The Hall–Kier alpha value is -0.780. The minimum Gasteiger partial charge on any atom is -0.497 e.